The summed E-state index contributed by atoms with van der Waals surface area (Å²) in [5, 5.41) is 9.04. The van der Waals surface area contributed by atoms with E-state index >= 15 is 0 Å². The summed E-state index contributed by atoms with van der Waals surface area (Å²) in [6.45, 7) is 1.06. The lowest BCUT2D eigenvalue weighted by Crippen LogP contribution is -2.44. The number of likely N-dealkylation sites (N-methyl/N-ethyl adjacent to an activating group) is 1. The van der Waals surface area contributed by atoms with Gasteiger partial charge in [0, 0.05) is 36.0 Å². The molecule has 13 heteroatoms. The summed E-state index contributed by atoms with van der Waals surface area (Å²) in [4.78, 5) is 44.3. The number of aromatic nitrogens is 2. The number of carboxylic acid groups (broad SMARTS) is 1. The zero-order chi connectivity index (χ0) is 29.7. The Labute approximate surface area is 243 Å². The third-order valence-electron chi connectivity index (χ3n) is 6.75. The Kier molecular flexibility index (Phi) is 9.64. The van der Waals surface area contributed by atoms with Crippen molar-refractivity contribution in [1.29, 1.82) is 0 Å². The number of anilines is 1. The van der Waals surface area contributed by atoms with Gasteiger partial charge in [0.1, 0.15) is 0 Å². The number of rotatable bonds is 6. The molecule has 0 saturated heterocycles. The number of hydrogen-bond donors (Lipinski definition) is 1. The Hall–Kier alpha value is -3.51. The second-order valence-electron chi connectivity index (χ2n) is 9.67. The molecule has 2 heterocycles. The number of carbonyl (C=O) groups is 2. The summed E-state index contributed by atoms with van der Waals surface area (Å²) in [5.74, 6) is -2.78. The first-order valence-corrected chi connectivity index (χ1v) is 14.1. The second kappa shape index (κ2) is 13.0. The van der Waals surface area contributed by atoms with E-state index in [0.717, 1.165) is 35.1 Å². The van der Waals surface area contributed by atoms with Gasteiger partial charge in [-0.2, -0.15) is 13.2 Å². The first-order valence-electron chi connectivity index (χ1n) is 12.9. The van der Waals surface area contributed by atoms with Crippen LogP contribution in [-0.4, -0.2) is 63.0 Å². The van der Waals surface area contributed by atoms with Crippen LogP contribution in [0.25, 0.3) is 5.69 Å². The van der Waals surface area contributed by atoms with Crippen molar-refractivity contribution in [2.24, 2.45) is 0 Å². The molecule has 8 nitrogen and oxygen atoms in total. The molecule has 1 aliphatic heterocycles. The van der Waals surface area contributed by atoms with Crippen LogP contribution in [0, 0.1) is 0 Å². The summed E-state index contributed by atoms with van der Waals surface area (Å²) in [6.07, 6.45) is -0.937. The molecule has 2 aromatic carbocycles. The largest absolute Gasteiger partial charge is 0.490 e. The monoisotopic (exact) mass is 608 g/mol. The molecule has 0 unspecified atom stereocenters. The first-order chi connectivity index (χ1) is 19.4. The number of amides is 1. The maximum absolute atomic E-state index is 13.7. The molecule has 1 aliphatic carbocycles. The Bertz CT molecular complexity index is 1460. The van der Waals surface area contributed by atoms with Gasteiger partial charge in [0.25, 0.3) is 5.56 Å². The normalized spacial score (nSPS) is 14.8. The zero-order valence-corrected chi connectivity index (χ0v) is 23.7. The fourth-order valence-electron chi connectivity index (χ4n) is 4.30. The third-order valence-corrected chi connectivity index (χ3v) is 8.28. The SMILES string of the molecule is CN(CC(=O)N1CCc2nc(SC3CCC3)n(-c3ccccc3)c(=O)c2C1)c1cccc(Cl)c1.O=C(O)C(F)(F)F. The molecule has 3 aromatic rings. The van der Waals surface area contributed by atoms with E-state index in [1.54, 1.807) is 21.2 Å². The van der Waals surface area contributed by atoms with Gasteiger partial charge < -0.3 is 14.9 Å². The van der Waals surface area contributed by atoms with E-state index in [9.17, 15) is 22.8 Å². The molecule has 2 aliphatic rings. The highest BCUT2D eigenvalue weighted by Gasteiger charge is 2.38. The zero-order valence-electron chi connectivity index (χ0n) is 22.1. The van der Waals surface area contributed by atoms with Crippen molar-refractivity contribution in [3.63, 3.8) is 0 Å². The first kappa shape index (κ1) is 30.4. The van der Waals surface area contributed by atoms with Crippen LogP contribution in [-0.2, 0) is 22.6 Å². The lowest BCUT2D eigenvalue weighted by Gasteiger charge is -2.31. The molecule has 41 heavy (non-hydrogen) atoms. The van der Waals surface area contributed by atoms with Crippen molar-refractivity contribution < 1.29 is 27.9 Å². The van der Waals surface area contributed by atoms with Crippen LogP contribution in [0.2, 0.25) is 5.02 Å². The predicted octanol–water partition coefficient (Wildman–Crippen LogP) is 5.18. The van der Waals surface area contributed by atoms with Gasteiger partial charge in [-0.25, -0.2) is 9.78 Å². The van der Waals surface area contributed by atoms with Crippen molar-refractivity contribution in [3.8, 4) is 5.69 Å². The minimum atomic E-state index is -5.08. The Balaban J connectivity index is 0.000000493. The number of hydrogen-bond acceptors (Lipinski definition) is 6. The number of alkyl halides is 3. The summed E-state index contributed by atoms with van der Waals surface area (Å²) >= 11 is 7.81. The van der Waals surface area contributed by atoms with Crippen LogP contribution >= 0.6 is 23.4 Å². The number of carbonyl (C=O) groups excluding carboxylic acids is 1. The number of carboxylic acids is 1. The maximum Gasteiger partial charge on any atom is 0.490 e. The van der Waals surface area contributed by atoms with Gasteiger partial charge in [0.2, 0.25) is 5.91 Å². The van der Waals surface area contributed by atoms with Crippen molar-refractivity contribution in [1.82, 2.24) is 14.5 Å². The van der Waals surface area contributed by atoms with E-state index in [2.05, 4.69) is 0 Å². The predicted molar refractivity (Wildman–Crippen MR) is 151 cm³/mol. The number of aliphatic carboxylic acids is 1. The van der Waals surface area contributed by atoms with Crippen molar-refractivity contribution in [2.45, 2.75) is 48.8 Å². The van der Waals surface area contributed by atoms with Crippen molar-refractivity contribution >= 4 is 40.9 Å². The number of nitrogens with zero attached hydrogens (tertiary/aromatic N) is 4. The number of halogens is 4. The van der Waals surface area contributed by atoms with Crippen molar-refractivity contribution in [2.75, 3.05) is 25.0 Å². The summed E-state index contributed by atoms with van der Waals surface area (Å²) < 4.78 is 33.5. The molecule has 1 fully saturated rings. The average molecular weight is 609 g/mol. The van der Waals surface area contributed by atoms with Crippen molar-refractivity contribution in [3.05, 3.63) is 81.2 Å². The van der Waals surface area contributed by atoms with Crippen LogP contribution in [0.5, 0.6) is 0 Å². The molecule has 1 aromatic heterocycles. The summed E-state index contributed by atoms with van der Waals surface area (Å²) in [5.41, 5.74) is 3.06. The standard InChI is InChI=1S/C26H27ClN4O2S.C2HF3O2/c1-29(20-10-5-7-18(27)15-20)17-24(32)30-14-13-23-22(16-30)25(33)31(19-8-3-2-4-9-19)26(28-23)34-21-11-6-12-21;3-2(4,5)1(6)7/h2-5,7-10,15,21H,6,11-14,16-17H2,1H3;(H,6,7). The number of thioether (sulfide) groups is 1. The minimum Gasteiger partial charge on any atom is -0.475 e. The minimum absolute atomic E-state index is 0.0216. The quantitative estimate of drug-likeness (QED) is 0.385. The lowest BCUT2D eigenvalue weighted by atomic mass is 10.0. The van der Waals surface area contributed by atoms with E-state index in [-0.39, 0.29) is 24.6 Å². The van der Waals surface area contributed by atoms with Crippen LogP contribution in [0.4, 0.5) is 18.9 Å². The fraction of sp³-hybridized carbons (Fsp3) is 0.357. The van der Waals surface area contributed by atoms with E-state index in [1.165, 1.54) is 6.42 Å². The Morgan fingerprint density at radius 2 is 1.83 bits per heavy atom. The molecule has 0 radical (unpaired) electrons. The second-order valence-corrected chi connectivity index (χ2v) is 11.4. The Morgan fingerprint density at radius 1 is 1.15 bits per heavy atom. The Morgan fingerprint density at radius 3 is 2.41 bits per heavy atom. The van der Waals surface area contributed by atoms with Gasteiger partial charge in [-0.15, -0.1) is 0 Å². The van der Waals surface area contributed by atoms with Crippen LogP contribution in [0.15, 0.2) is 64.5 Å². The highest BCUT2D eigenvalue weighted by Crippen LogP contribution is 2.36. The maximum atomic E-state index is 13.7. The fourth-order valence-corrected chi connectivity index (χ4v) is 5.81. The molecule has 0 spiro atoms. The number of benzene rings is 2. The van der Waals surface area contributed by atoms with Gasteiger partial charge in [0.15, 0.2) is 5.16 Å². The number of fused-ring (bicyclic) bond motifs is 1. The molecule has 1 amide bonds. The summed E-state index contributed by atoms with van der Waals surface area (Å²) in [7, 11) is 1.87. The molecule has 1 N–H and O–H groups in total. The van der Waals surface area contributed by atoms with E-state index < -0.39 is 12.1 Å². The highest BCUT2D eigenvalue weighted by atomic mass is 35.5. The van der Waals surface area contributed by atoms with Gasteiger partial charge in [-0.05, 0) is 43.2 Å². The molecule has 0 atom stereocenters. The van der Waals surface area contributed by atoms with E-state index in [0.29, 0.717) is 28.8 Å². The molecular formula is C28H28ClF3N4O4S. The topological polar surface area (TPSA) is 95.7 Å². The summed E-state index contributed by atoms with van der Waals surface area (Å²) in [6, 6.07) is 17.1. The molecular weight excluding hydrogens is 581 g/mol. The smallest absolute Gasteiger partial charge is 0.475 e. The number of para-hydroxylation sites is 1. The van der Waals surface area contributed by atoms with Gasteiger partial charge >= 0.3 is 12.1 Å². The molecule has 5 rings (SSSR count). The van der Waals surface area contributed by atoms with E-state index in [1.807, 2.05) is 66.5 Å². The van der Waals surface area contributed by atoms with Gasteiger partial charge in [-0.1, -0.05) is 54.0 Å². The van der Waals surface area contributed by atoms with Gasteiger partial charge in [-0.3, -0.25) is 14.2 Å². The van der Waals surface area contributed by atoms with Gasteiger partial charge in [0.05, 0.1) is 30.0 Å². The molecule has 0 bridgehead atoms. The van der Waals surface area contributed by atoms with Crippen LogP contribution in [0.1, 0.15) is 30.5 Å². The lowest BCUT2D eigenvalue weighted by molar-refractivity contribution is -0.192. The highest BCUT2D eigenvalue weighted by molar-refractivity contribution is 7.99. The third kappa shape index (κ3) is 7.62. The van der Waals surface area contributed by atoms with E-state index in [4.69, 9.17) is 26.5 Å². The van der Waals surface area contributed by atoms with Crippen LogP contribution in [0.3, 0.4) is 0 Å². The molecule has 218 valence electrons. The molecule has 1 saturated carbocycles. The average Bonchev–Trinajstić information content (AvgIpc) is 2.91. The van der Waals surface area contributed by atoms with Crippen LogP contribution < -0.4 is 10.5 Å².